The number of likely N-dealkylation sites (tertiary alicyclic amines) is 1. The number of aromatic nitrogens is 6. The lowest BCUT2D eigenvalue weighted by molar-refractivity contribution is 0.0136. The number of benzene rings is 1. The van der Waals surface area contributed by atoms with Gasteiger partial charge in [0.1, 0.15) is 12.1 Å². The van der Waals surface area contributed by atoms with Crippen molar-refractivity contribution in [1.82, 2.24) is 35.2 Å². The summed E-state index contributed by atoms with van der Waals surface area (Å²) in [6, 6.07) is 3.09. The third-order valence-corrected chi connectivity index (χ3v) is 5.29. The molecule has 1 aliphatic heterocycles. The maximum atomic E-state index is 13.2. The summed E-state index contributed by atoms with van der Waals surface area (Å²) >= 11 is 6.36. The largest absolute Gasteiger partial charge is 0.496 e. The molecule has 2 aromatic heterocycles. The first-order valence-corrected chi connectivity index (χ1v) is 9.67. The van der Waals surface area contributed by atoms with Crippen molar-refractivity contribution in [3.63, 3.8) is 0 Å². The Bertz CT molecular complexity index is 1070. The molecular formula is C18H20ClN7O4. The van der Waals surface area contributed by atoms with Gasteiger partial charge in [-0.25, -0.2) is 0 Å². The molecule has 1 fully saturated rings. The van der Waals surface area contributed by atoms with Crippen LogP contribution in [0, 0.1) is 0 Å². The number of carbonyl (C=O) groups is 1. The number of amides is 1. The van der Waals surface area contributed by atoms with Gasteiger partial charge in [0.05, 0.1) is 29.9 Å². The van der Waals surface area contributed by atoms with Crippen LogP contribution in [0.3, 0.4) is 0 Å². The fourth-order valence-electron chi connectivity index (χ4n) is 3.30. The van der Waals surface area contributed by atoms with E-state index in [0.29, 0.717) is 23.8 Å². The molecule has 1 saturated heterocycles. The number of hydrogen-bond acceptors (Lipinski definition) is 9. The Morgan fingerprint density at radius 1 is 1.40 bits per heavy atom. The van der Waals surface area contributed by atoms with Crippen molar-refractivity contribution in [2.24, 2.45) is 0 Å². The number of methoxy groups -OCH3 is 1. The number of ether oxygens (including phenoxy) is 1. The number of nitrogens with zero attached hydrogens (tertiary/aromatic N) is 7. The van der Waals surface area contributed by atoms with Gasteiger partial charge in [0.2, 0.25) is 0 Å². The summed E-state index contributed by atoms with van der Waals surface area (Å²) in [4.78, 5) is 19.0. The molecule has 12 heteroatoms. The van der Waals surface area contributed by atoms with Crippen molar-refractivity contribution in [2.75, 3.05) is 20.2 Å². The standard InChI is InChI=1S/C18H20ClN7O4/c1-10(2)15-21-17(30-22-15)18(28)4-5-25(8-18)16(27)11-6-12(19)13(7-14(11)29-3)26-9-20-23-24-26/h6-7,9-10,28H,4-5,8H2,1-3H3. The van der Waals surface area contributed by atoms with Crippen LogP contribution in [0.5, 0.6) is 5.75 Å². The van der Waals surface area contributed by atoms with Crippen molar-refractivity contribution in [3.05, 3.63) is 40.8 Å². The minimum Gasteiger partial charge on any atom is -0.496 e. The van der Waals surface area contributed by atoms with Gasteiger partial charge >= 0.3 is 0 Å². The SMILES string of the molecule is COc1cc(-n2cnnn2)c(Cl)cc1C(=O)N1CCC(O)(c2nc(C(C)C)no2)C1. The summed E-state index contributed by atoms with van der Waals surface area (Å²) in [6.07, 6.45) is 1.66. The second kappa shape index (κ2) is 7.65. The second-order valence-electron chi connectivity index (χ2n) is 7.38. The van der Waals surface area contributed by atoms with E-state index in [1.165, 1.54) is 29.1 Å². The van der Waals surface area contributed by atoms with Gasteiger partial charge in [0.15, 0.2) is 11.4 Å². The lowest BCUT2D eigenvalue weighted by atomic mass is 10.0. The molecule has 0 aliphatic carbocycles. The average molecular weight is 434 g/mol. The molecular weight excluding hydrogens is 414 g/mol. The van der Waals surface area contributed by atoms with Crippen molar-refractivity contribution >= 4 is 17.5 Å². The number of hydrogen-bond donors (Lipinski definition) is 1. The number of halogens is 1. The predicted octanol–water partition coefficient (Wildman–Crippen LogP) is 1.56. The van der Waals surface area contributed by atoms with Gasteiger partial charge in [0, 0.05) is 24.9 Å². The van der Waals surface area contributed by atoms with Crippen molar-refractivity contribution in [1.29, 1.82) is 0 Å². The smallest absolute Gasteiger partial charge is 0.260 e. The number of β-amino-alcohol motifs (C(OH)–C–C–N with tert-alkyl or cyclic N) is 1. The molecule has 1 N–H and O–H groups in total. The molecule has 1 unspecified atom stereocenters. The third-order valence-electron chi connectivity index (χ3n) is 4.99. The van der Waals surface area contributed by atoms with Crippen LogP contribution in [-0.2, 0) is 5.60 Å². The van der Waals surface area contributed by atoms with Crippen LogP contribution in [0.15, 0.2) is 23.0 Å². The van der Waals surface area contributed by atoms with E-state index < -0.39 is 5.60 Å². The van der Waals surface area contributed by atoms with Gasteiger partial charge < -0.3 is 19.3 Å². The summed E-state index contributed by atoms with van der Waals surface area (Å²) in [5, 5.41) is 26.2. The first-order chi connectivity index (χ1) is 14.3. The monoisotopic (exact) mass is 433 g/mol. The highest BCUT2D eigenvalue weighted by Crippen LogP contribution is 2.35. The fourth-order valence-corrected chi connectivity index (χ4v) is 3.55. The molecule has 1 amide bonds. The topological polar surface area (TPSA) is 132 Å². The Hall–Kier alpha value is -3.05. The highest BCUT2D eigenvalue weighted by molar-refractivity contribution is 6.33. The molecule has 0 bridgehead atoms. The highest BCUT2D eigenvalue weighted by Gasteiger charge is 2.45. The van der Waals surface area contributed by atoms with Gasteiger partial charge in [-0.3, -0.25) is 4.79 Å². The lowest BCUT2D eigenvalue weighted by Gasteiger charge is -2.21. The first-order valence-electron chi connectivity index (χ1n) is 9.29. The number of rotatable bonds is 5. The average Bonchev–Trinajstić information content (AvgIpc) is 3.48. The fraction of sp³-hybridized carbons (Fsp3) is 0.444. The minimum atomic E-state index is -1.40. The zero-order chi connectivity index (χ0) is 21.5. The summed E-state index contributed by atoms with van der Waals surface area (Å²) < 4.78 is 12.0. The van der Waals surface area contributed by atoms with Crippen LogP contribution >= 0.6 is 11.6 Å². The molecule has 3 heterocycles. The molecule has 3 aromatic rings. The summed E-state index contributed by atoms with van der Waals surface area (Å²) in [5.41, 5.74) is -0.670. The van der Waals surface area contributed by atoms with Crippen LogP contribution < -0.4 is 4.74 Å². The zero-order valence-corrected chi connectivity index (χ0v) is 17.4. The molecule has 1 atom stereocenters. The zero-order valence-electron chi connectivity index (χ0n) is 16.6. The van der Waals surface area contributed by atoms with Gasteiger partial charge in [-0.05, 0) is 16.5 Å². The van der Waals surface area contributed by atoms with Crippen molar-refractivity contribution in [2.45, 2.75) is 31.8 Å². The normalized spacial score (nSPS) is 18.9. The summed E-state index contributed by atoms with van der Waals surface area (Å²) in [5.74, 6) is 0.660. The Morgan fingerprint density at radius 2 is 2.20 bits per heavy atom. The van der Waals surface area contributed by atoms with E-state index in [0.717, 1.165) is 0 Å². The highest BCUT2D eigenvalue weighted by atomic mass is 35.5. The minimum absolute atomic E-state index is 0.0150. The van der Waals surface area contributed by atoms with Gasteiger partial charge in [-0.2, -0.15) is 9.67 Å². The number of tetrazole rings is 1. The van der Waals surface area contributed by atoms with Crippen LogP contribution in [-0.4, -0.2) is 66.5 Å². The maximum absolute atomic E-state index is 13.2. The lowest BCUT2D eigenvalue weighted by Crippen LogP contribution is -2.35. The molecule has 4 rings (SSSR count). The quantitative estimate of drug-likeness (QED) is 0.636. The van der Waals surface area contributed by atoms with E-state index in [1.807, 2.05) is 13.8 Å². The predicted molar refractivity (Wildman–Crippen MR) is 104 cm³/mol. The van der Waals surface area contributed by atoms with E-state index >= 15 is 0 Å². The van der Waals surface area contributed by atoms with E-state index in [2.05, 4.69) is 25.7 Å². The molecule has 1 aliphatic rings. The number of carbonyl (C=O) groups excluding carboxylic acids is 1. The molecule has 158 valence electrons. The van der Waals surface area contributed by atoms with Crippen LogP contribution in [0.2, 0.25) is 5.02 Å². The summed E-state index contributed by atoms with van der Waals surface area (Å²) in [6.45, 7) is 4.18. The third kappa shape index (κ3) is 3.50. The van der Waals surface area contributed by atoms with Crippen LogP contribution in [0.25, 0.3) is 5.69 Å². The molecule has 30 heavy (non-hydrogen) atoms. The van der Waals surface area contributed by atoms with Gasteiger partial charge in [0.25, 0.3) is 11.8 Å². The van der Waals surface area contributed by atoms with Crippen LogP contribution in [0.1, 0.15) is 48.3 Å². The first kappa shape index (κ1) is 20.2. The van der Waals surface area contributed by atoms with Crippen molar-refractivity contribution in [3.8, 4) is 11.4 Å². The second-order valence-corrected chi connectivity index (χ2v) is 7.79. The number of aliphatic hydroxyl groups is 1. The van der Waals surface area contributed by atoms with E-state index in [-0.39, 0.29) is 41.3 Å². The molecule has 11 nitrogen and oxygen atoms in total. The van der Waals surface area contributed by atoms with E-state index in [9.17, 15) is 9.90 Å². The van der Waals surface area contributed by atoms with E-state index in [1.54, 1.807) is 6.07 Å². The molecule has 0 radical (unpaired) electrons. The Balaban J connectivity index is 1.60. The molecule has 0 saturated carbocycles. The van der Waals surface area contributed by atoms with Crippen LogP contribution in [0.4, 0.5) is 0 Å². The van der Waals surface area contributed by atoms with E-state index in [4.69, 9.17) is 20.9 Å². The Labute approximate surface area is 176 Å². The van der Waals surface area contributed by atoms with Crippen molar-refractivity contribution < 1.29 is 19.2 Å². The van der Waals surface area contributed by atoms with Gasteiger partial charge in [-0.15, -0.1) is 5.10 Å². The Morgan fingerprint density at radius 3 is 2.83 bits per heavy atom. The molecule has 0 spiro atoms. The maximum Gasteiger partial charge on any atom is 0.260 e. The molecule has 1 aromatic carbocycles. The summed E-state index contributed by atoms with van der Waals surface area (Å²) in [7, 11) is 1.45. The van der Waals surface area contributed by atoms with Gasteiger partial charge in [-0.1, -0.05) is 30.6 Å². The Kier molecular flexibility index (Phi) is 5.16.